The maximum atomic E-state index is 9.98. The molecule has 0 radical (unpaired) electrons. The Hall–Kier alpha value is -1.23. The van der Waals surface area contributed by atoms with E-state index < -0.39 is 6.10 Å². The van der Waals surface area contributed by atoms with Gasteiger partial charge in [-0.3, -0.25) is 0 Å². The summed E-state index contributed by atoms with van der Waals surface area (Å²) in [5, 5.41) is 14.3. The molecule has 0 aliphatic heterocycles. The number of nitrogens with zero attached hydrogens (tertiary/aromatic N) is 1. The van der Waals surface area contributed by atoms with Crippen LogP contribution >= 0.6 is 11.3 Å². The molecule has 0 fully saturated rings. The predicted molar refractivity (Wildman–Crippen MR) is 74.7 cm³/mol. The second kappa shape index (κ2) is 6.09. The number of hydrogen-bond acceptors (Lipinski definition) is 4. The molecule has 1 aromatic heterocycles. The molecule has 1 aromatic carbocycles. The van der Waals surface area contributed by atoms with E-state index in [4.69, 9.17) is 0 Å². The average Bonchev–Trinajstić information content (AvgIpc) is 2.69. The lowest BCUT2D eigenvalue weighted by molar-refractivity contribution is 0.174. The van der Waals surface area contributed by atoms with E-state index >= 15 is 0 Å². The molecule has 0 amide bonds. The number of thiazole rings is 1. The summed E-state index contributed by atoms with van der Waals surface area (Å²) in [6.07, 6.45) is -0.464. The van der Waals surface area contributed by atoms with Gasteiger partial charge in [0.15, 0.2) is 0 Å². The van der Waals surface area contributed by atoms with Crippen LogP contribution in [0.2, 0.25) is 0 Å². The molecule has 1 heterocycles. The Morgan fingerprint density at radius 1 is 1.28 bits per heavy atom. The number of benzene rings is 1. The Bertz CT molecular complexity index is 476. The monoisotopic (exact) mass is 262 g/mol. The van der Waals surface area contributed by atoms with Crippen molar-refractivity contribution >= 4 is 11.3 Å². The van der Waals surface area contributed by atoms with Crippen LogP contribution in [-0.4, -0.2) is 16.6 Å². The molecule has 4 heteroatoms. The fourth-order valence-electron chi connectivity index (χ4n) is 1.72. The van der Waals surface area contributed by atoms with Crippen molar-refractivity contribution in [2.45, 2.75) is 26.5 Å². The summed E-state index contributed by atoms with van der Waals surface area (Å²) < 4.78 is 0. The van der Waals surface area contributed by atoms with Gasteiger partial charge in [-0.1, -0.05) is 30.3 Å². The zero-order valence-electron chi connectivity index (χ0n) is 10.7. The molecule has 0 aliphatic rings. The van der Waals surface area contributed by atoms with Gasteiger partial charge in [0.1, 0.15) is 5.01 Å². The summed E-state index contributed by atoms with van der Waals surface area (Å²) >= 11 is 1.71. The SMILES string of the molecule is Cc1nc(CNCC(O)c2ccccc2)sc1C. The van der Waals surface area contributed by atoms with E-state index in [-0.39, 0.29) is 0 Å². The van der Waals surface area contributed by atoms with Crippen molar-refractivity contribution in [3.63, 3.8) is 0 Å². The van der Waals surface area contributed by atoms with Crippen molar-refractivity contribution in [2.75, 3.05) is 6.54 Å². The molecule has 0 saturated heterocycles. The molecule has 96 valence electrons. The van der Waals surface area contributed by atoms with E-state index in [9.17, 15) is 5.11 Å². The summed E-state index contributed by atoms with van der Waals surface area (Å²) in [7, 11) is 0. The van der Waals surface area contributed by atoms with Crippen LogP contribution in [0.4, 0.5) is 0 Å². The number of aryl methyl sites for hydroxylation is 2. The molecule has 1 atom stereocenters. The Kier molecular flexibility index (Phi) is 4.47. The first-order valence-electron chi connectivity index (χ1n) is 6.03. The van der Waals surface area contributed by atoms with Crippen LogP contribution in [0.25, 0.3) is 0 Å². The molecule has 0 saturated carbocycles. The molecule has 0 aliphatic carbocycles. The fraction of sp³-hybridized carbons (Fsp3) is 0.357. The smallest absolute Gasteiger partial charge is 0.107 e. The highest BCUT2D eigenvalue weighted by atomic mass is 32.1. The highest BCUT2D eigenvalue weighted by molar-refractivity contribution is 7.11. The largest absolute Gasteiger partial charge is 0.387 e. The van der Waals surface area contributed by atoms with Crippen LogP contribution in [0.15, 0.2) is 30.3 Å². The van der Waals surface area contributed by atoms with Gasteiger partial charge >= 0.3 is 0 Å². The van der Waals surface area contributed by atoms with Crippen LogP contribution in [0.5, 0.6) is 0 Å². The Balaban J connectivity index is 1.82. The van der Waals surface area contributed by atoms with Crippen molar-refractivity contribution in [1.29, 1.82) is 0 Å². The molecule has 2 rings (SSSR count). The molecular weight excluding hydrogens is 244 g/mol. The van der Waals surface area contributed by atoms with E-state index in [2.05, 4.69) is 17.2 Å². The van der Waals surface area contributed by atoms with Gasteiger partial charge in [-0.25, -0.2) is 4.98 Å². The molecule has 3 nitrogen and oxygen atoms in total. The maximum Gasteiger partial charge on any atom is 0.107 e. The molecule has 2 N–H and O–H groups in total. The third-order valence-corrected chi connectivity index (χ3v) is 3.94. The quantitative estimate of drug-likeness (QED) is 0.870. The lowest BCUT2D eigenvalue weighted by Gasteiger charge is -2.11. The van der Waals surface area contributed by atoms with Gasteiger partial charge in [-0.15, -0.1) is 11.3 Å². The summed E-state index contributed by atoms with van der Waals surface area (Å²) in [6.45, 7) is 5.36. The van der Waals surface area contributed by atoms with Crippen LogP contribution in [-0.2, 0) is 6.54 Å². The average molecular weight is 262 g/mol. The normalized spacial score (nSPS) is 12.6. The van der Waals surface area contributed by atoms with Crippen molar-refractivity contribution in [2.24, 2.45) is 0 Å². The molecule has 0 bridgehead atoms. The van der Waals surface area contributed by atoms with Crippen LogP contribution in [0.1, 0.15) is 27.2 Å². The lowest BCUT2D eigenvalue weighted by atomic mass is 10.1. The Morgan fingerprint density at radius 2 is 2.00 bits per heavy atom. The minimum atomic E-state index is -0.464. The van der Waals surface area contributed by atoms with Gasteiger partial charge in [0.25, 0.3) is 0 Å². The third-order valence-electron chi connectivity index (χ3n) is 2.87. The zero-order valence-corrected chi connectivity index (χ0v) is 11.5. The van der Waals surface area contributed by atoms with Gasteiger partial charge < -0.3 is 10.4 Å². The van der Waals surface area contributed by atoms with Gasteiger partial charge in [0.05, 0.1) is 11.8 Å². The first-order valence-corrected chi connectivity index (χ1v) is 6.85. The van der Waals surface area contributed by atoms with Crippen LogP contribution in [0, 0.1) is 13.8 Å². The number of aromatic nitrogens is 1. The third kappa shape index (κ3) is 3.38. The van der Waals surface area contributed by atoms with Gasteiger partial charge in [-0.05, 0) is 19.4 Å². The van der Waals surface area contributed by atoms with Crippen molar-refractivity contribution in [3.05, 3.63) is 51.5 Å². The number of aliphatic hydroxyl groups is 1. The Labute approximate surface area is 112 Å². The minimum absolute atomic E-state index is 0.464. The van der Waals surface area contributed by atoms with Gasteiger partial charge in [0.2, 0.25) is 0 Å². The van der Waals surface area contributed by atoms with Crippen molar-refractivity contribution in [1.82, 2.24) is 10.3 Å². The highest BCUT2D eigenvalue weighted by Gasteiger charge is 2.07. The first-order chi connectivity index (χ1) is 8.66. The fourth-order valence-corrected chi connectivity index (χ4v) is 2.63. The number of rotatable bonds is 5. The molecule has 1 unspecified atom stereocenters. The van der Waals surface area contributed by atoms with E-state index in [1.165, 1.54) is 4.88 Å². The molecule has 0 spiro atoms. The van der Waals surface area contributed by atoms with Crippen LogP contribution in [0.3, 0.4) is 0 Å². The van der Waals surface area contributed by atoms with E-state index in [0.29, 0.717) is 13.1 Å². The van der Waals surface area contributed by atoms with Crippen LogP contribution < -0.4 is 5.32 Å². The number of hydrogen-bond donors (Lipinski definition) is 2. The summed E-state index contributed by atoms with van der Waals surface area (Å²) in [6, 6.07) is 9.69. The van der Waals surface area contributed by atoms with Crippen molar-refractivity contribution < 1.29 is 5.11 Å². The highest BCUT2D eigenvalue weighted by Crippen LogP contribution is 2.16. The van der Waals surface area contributed by atoms with E-state index in [1.54, 1.807) is 11.3 Å². The van der Waals surface area contributed by atoms with Crippen molar-refractivity contribution in [3.8, 4) is 0 Å². The van der Waals surface area contributed by atoms with Gasteiger partial charge in [-0.2, -0.15) is 0 Å². The molecule has 2 aromatic rings. The minimum Gasteiger partial charge on any atom is -0.387 e. The summed E-state index contributed by atoms with van der Waals surface area (Å²) in [5.41, 5.74) is 2.04. The Morgan fingerprint density at radius 3 is 2.61 bits per heavy atom. The topological polar surface area (TPSA) is 45.2 Å². The van der Waals surface area contributed by atoms with E-state index in [0.717, 1.165) is 16.3 Å². The lowest BCUT2D eigenvalue weighted by Crippen LogP contribution is -2.20. The second-order valence-electron chi connectivity index (χ2n) is 4.31. The molecule has 18 heavy (non-hydrogen) atoms. The standard InChI is InChI=1S/C14H18N2OS/c1-10-11(2)18-14(16-10)9-15-8-13(17)12-6-4-3-5-7-12/h3-7,13,15,17H,8-9H2,1-2H3. The summed E-state index contributed by atoms with van der Waals surface area (Å²) in [5.74, 6) is 0. The number of nitrogens with one attached hydrogen (secondary N) is 1. The van der Waals surface area contributed by atoms with E-state index in [1.807, 2.05) is 37.3 Å². The zero-order chi connectivity index (χ0) is 13.0. The summed E-state index contributed by atoms with van der Waals surface area (Å²) in [4.78, 5) is 5.71. The number of aliphatic hydroxyl groups excluding tert-OH is 1. The van der Waals surface area contributed by atoms with Gasteiger partial charge in [0, 0.05) is 18.0 Å². The maximum absolute atomic E-state index is 9.98. The molecular formula is C14H18N2OS. The second-order valence-corrected chi connectivity index (χ2v) is 5.59. The first kappa shape index (κ1) is 13.2. The predicted octanol–water partition coefficient (Wildman–Crippen LogP) is 2.58.